The van der Waals surface area contributed by atoms with Gasteiger partial charge in [-0.1, -0.05) is 13.0 Å². The van der Waals surface area contributed by atoms with Crippen molar-refractivity contribution in [2.75, 3.05) is 39.5 Å². The first kappa shape index (κ1) is 25.0. The molecule has 1 amide bonds. The Morgan fingerprint density at radius 2 is 1.77 bits per heavy atom. The summed E-state index contributed by atoms with van der Waals surface area (Å²) in [6, 6.07) is 11.9. The van der Waals surface area contributed by atoms with E-state index in [1.807, 2.05) is 13.0 Å². The smallest absolute Gasteiger partial charge is 0.223 e. The van der Waals surface area contributed by atoms with Gasteiger partial charge in [0.2, 0.25) is 5.91 Å². The van der Waals surface area contributed by atoms with Crippen molar-refractivity contribution in [3.63, 3.8) is 0 Å². The molecule has 1 saturated heterocycles. The van der Waals surface area contributed by atoms with Gasteiger partial charge in [-0.05, 0) is 67.9 Å². The summed E-state index contributed by atoms with van der Waals surface area (Å²) >= 11 is 0. The Balaban J connectivity index is 1.35. The molecule has 2 heterocycles. The van der Waals surface area contributed by atoms with E-state index in [0.717, 1.165) is 25.9 Å². The average Bonchev–Trinajstić information content (AvgIpc) is 3.40. The van der Waals surface area contributed by atoms with Gasteiger partial charge in [0.1, 0.15) is 25.1 Å². The van der Waals surface area contributed by atoms with Gasteiger partial charge in [-0.2, -0.15) is 0 Å². The van der Waals surface area contributed by atoms with E-state index in [9.17, 15) is 14.7 Å². The van der Waals surface area contributed by atoms with Gasteiger partial charge in [0.05, 0.1) is 19.1 Å². The molecule has 0 radical (unpaired) electrons. The lowest BCUT2D eigenvalue weighted by atomic mass is 10.0. The van der Waals surface area contributed by atoms with Gasteiger partial charge < -0.3 is 29.5 Å². The molecule has 2 aromatic carbocycles. The van der Waals surface area contributed by atoms with Crippen molar-refractivity contribution in [1.29, 1.82) is 0 Å². The number of fused-ring (bicyclic) bond motifs is 1. The third-order valence-electron chi connectivity index (χ3n) is 6.38. The van der Waals surface area contributed by atoms with Gasteiger partial charge in [0.25, 0.3) is 0 Å². The van der Waals surface area contributed by atoms with Crippen molar-refractivity contribution < 1.29 is 28.9 Å². The molecule has 0 saturated carbocycles. The summed E-state index contributed by atoms with van der Waals surface area (Å²) in [6.45, 7) is 5.48. The molecule has 2 N–H and O–H groups in total. The fourth-order valence-corrected chi connectivity index (χ4v) is 4.43. The number of ketones is 1. The SMILES string of the molecule is CCC(=O)c1ccc(OCCC(=O)N[C@H](CN2CCCC2)[C@H](O)c2ccc3c(c2)OCCO3)cc1. The first-order chi connectivity index (χ1) is 17.0. The van der Waals surface area contributed by atoms with Crippen molar-refractivity contribution in [1.82, 2.24) is 10.2 Å². The van der Waals surface area contributed by atoms with Crippen LogP contribution in [0.3, 0.4) is 0 Å². The number of hydrogen-bond acceptors (Lipinski definition) is 7. The van der Waals surface area contributed by atoms with Crippen LogP contribution in [0.4, 0.5) is 0 Å². The zero-order valence-corrected chi connectivity index (χ0v) is 20.2. The fourth-order valence-electron chi connectivity index (χ4n) is 4.43. The van der Waals surface area contributed by atoms with E-state index in [4.69, 9.17) is 14.2 Å². The minimum atomic E-state index is -0.889. The van der Waals surface area contributed by atoms with Crippen LogP contribution in [0.25, 0.3) is 0 Å². The third kappa shape index (κ3) is 6.74. The summed E-state index contributed by atoms with van der Waals surface area (Å²) in [5, 5.41) is 14.2. The van der Waals surface area contributed by atoms with E-state index < -0.39 is 12.1 Å². The van der Waals surface area contributed by atoms with E-state index >= 15 is 0 Å². The van der Waals surface area contributed by atoms with E-state index in [1.54, 1.807) is 36.4 Å². The average molecular weight is 483 g/mol. The lowest BCUT2D eigenvalue weighted by Gasteiger charge is -2.29. The van der Waals surface area contributed by atoms with Gasteiger partial charge in [-0.3, -0.25) is 9.59 Å². The number of carbonyl (C=O) groups excluding carboxylic acids is 2. The molecule has 2 aliphatic heterocycles. The molecule has 8 heteroatoms. The predicted molar refractivity (Wildman–Crippen MR) is 131 cm³/mol. The van der Waals surface area contributed by atoms with Crippen LogP contribution in [0, 0.1) is 0 Å². The number of likely N-dealkylation sites (tertiary alicyclic amines) is 1. The quantitative estimate of drug-likeness (QED) is 0.475. The van der Waals surface area contributed by atoms with E-state index in [-0.39, 0.29) is 24.7 Å². The van der Waals surface area contributed by atoms with E-state index in [0.29, 0.717) is 54.6 Å². The van der Waals surface area contributed by atoms with Crippen molar-refractivity contribution in [2.24, 2.45) is 0 Å². The van der Waals surface area contributed by atoms with Gasteiger partial charge >= 0.3 is 0 Å². The zero-order chi connectivity index (χ0) is 24.6. The monoisotopic (exact) mass is 482 g/mol. The maximum atomic E-state index is 12.8. The van der Waals surface area contributed by atoms with Crippen molar-refractivity contribution in [2.45, 2.75) is 44.8 Å². The number of amides is 1. The summed E-state index contributed by atoms with van der Waals surface area (Å²) in [5.74, 6) is 1.77. The van der Waals surface area contributed by atoms with Crippen LogP contribution in [-0.4, -0.2) is 67.2 Å². The second-order valence-electron chi connectivity index (χ2n) is 8.93. The van der Waals surface area contributed by atoms with E-state index in [1.165, 1.54) is 0 Å². The molecule has 35 heavy (non-hydrogen) atoms. The fraction of sp³-hybridized carbons (Fsp3) is 0.481. The number of carbonyl (C=O) groups is 2. The highest BCUT2D eigenvalue weighted by atomic mass is 16.6. The van der Waals surface area contributed by atoms with Crippen molar-refractivity contribution in [3.05, 3.63) is 53.6 Å². The van der Waals surface area contributed by atoms with Crippen LogP contribution < -0.4 is 19.5 Å². The summed E-state index contributed by atoms with van der Waals surface area (Å²) in [4.78, 5) is 26.8. The second-order valence-corrected chi connectivity index (χ2v) is 8.93. The first-order valence-electron chi connectivity index (χ1n) is 12.4. The highest BCUT2D eigenvalue weighted by Gasteiger charge is 2.27. The molecular formula is C27H34N2O6. The number of aliphatic hydroxyl groups is 1. The van der Waals surface area contributed by atoms with Crippen LogP contribution in [0.1, 0.15) is 54.6 Å². The lowest BCUT2D eigenvalue weighted by Crippen LogP contribution is -2.47. The largest absolute Gasteiger partial charge is 0.493 e. The van der Waals surface area contributed by atoms with Crippen molar-refractivity contribution >= 4 is 11.7 Å². The number of hydrogen-bond donors (Lipinski definition) is 2. The van der Waals surface area contributed by atoms with Crippen LogP contribution in [-0.2, 0) is 4.79 Å². The molecule has 188 valence electrons. The standard InChI is InChI=1S/C27H34N2O6/c1-2-23(30)19-5-8-21(9-6-19)33-14-11-26(31)28-22(18-29-12-3-4-13-29)27(32)20-7-10-24-25(17-20)35-16-15-34-24/h5-10,17,22,27,32H,2-4,11-16,18H2,1H3,(H,28,31)/t22-,27-/m1/s1. The van der Waals surface area contributed by atoms with Gasteiger partial charge in [-0.25, -0.2) is 0 Å². The molecule has 2 aliphatic rings. The molecule has 0 unspecified atom stereocenters. The second kappa shape index (κ2) is 12.0. The highest BCUT2D eigenvalue weighted by molar-refractivity contribution is 5.95. The number of ether oxygens (including phenoxy) is 3. The summed E-state index contributed by atoms with van der Waals surface area (Å²) in [7, 11) is 0. The normalized spacial score (nSPS) is 17.0. The summed E-state index contributed by atoms with van der Waals surface area (Å²) in [5.41, 5.74) is 1.33. The molecule has 0 bridgehead atoms. The number of benzene rings is 2. The first-order valence-corrected chi connectivity index (χ1v) is 12.4. The Morgan fingerprint density at radius 1 is 1.06 bits per heavy atom. The Bertz CT molecular complexity index is 1000. The maximum Gasteiger partial charge on any atom is 0.223 e. The number of Topliss-reactive ketones (excluding diaryl/α,β-unsaturated/α-hetero) is 1. The molecule has 0 spiro atoms. The van der Waals surface area contributed by atoms with Crippen LogP contribution in [0.5, 0.6) is 17.2 Å². The molecular weight excluding hydrogens is 448 g/mol. The molecule has 0 aromatic heterocycles. The molecule has 4 rings (SSSR count). The number of rotatable bonds is 11. The number of aliphatic hydroxyl groups excluding tert-OH is 1. The Morgan fingerprint density at radius 3 is 2.49 bits per heavy atom. The maximum absolute atomic E-state index is 12.8. The van der Waals surface area contributed by atoms with Crippen molar-refractivity contribution in [3.8, 4) is 17.2 Å². The Kier molecular flexibility index (Phi) is 8.60. The molecule has 0 aliphatic carbocycles. The number of nitrogens with zero attached hydrogens (tertiary/aromatic N) is 1. The summed E-state index contributed by atoms with van der Waals surface area (Å²) < 4.78 is 16.9. The minimum absolute atomic E-state index is 0.0801. The lowest BCUT2D eigenvalue weighted by molar-refractivity contribution is -0.123. The van der Waals surface area contributed by atoms with E-state index in [2.05, 4.69) is 10.2 Å². The van der Waals surface area contributed by atoms with Crippen LogP contribution in [0.2, 0.25) is 0 Å². The molecule has 2 atom stereocenters. The molecule has 1 fully saturated rings. The summed E-state index contributed by atoms with van der Waals surface area (Å²) in [6.07, 6.45) is 1.96. The predicted octanol–water partition coefficient (Wildman–Crippen LogP) is 3.13. The van der Waals surface area contributed by atoms with Crippen LogP contribution >= 0.6 is 0 Å². The minimum Gasteiger partial charge on any atom is -0.493 e. The Labute approximate surface area is 206 Å². The zero-order valence-electron chi connectivity index (χ0n) is 20.2. The molecule has 8 nitrogen and oxygen atoms in total. The molecule has 2 aromatic rings. The Hall–Kier alpha value is -3.10. The van der Waals surface area contributed by atoms with Crippen LogP contribution in [0.15, 0.2) is 42.5 Å². The van der Waals surface area contributed by atoms with Gasteiger partial charge in [-0.15, -0.1) is 0 Å². The topological polar surface area (TPSA) is 97.3 Å². The third-order valence-corrected chi connectivity index (χ3v) is 6.38. The highest BCUT2D eigenvalue weighted by Crippen LogP contribution is 2.33. The number of nitrogens with one attached hydrogen (secondary N) is 1. The van der Waals surface area contributed by atoms with Gasteiger partial charge in [0, 0.05) is 18.5 Å². The van der Waals surface area contributed by atoms with Gasteiger partial charge in [0.15, 0.2) is 17.3 Å².